The molecule has 210 valence electrons. The van der Waals surface area contributed by atoms with Gasteiger partial charge in [0, 0.05) is 35.3 Å². The van der Waals surface area contributed by atoms with Crippen LogP contribution in [0.5, 0.6) is 5.75 Å². The van der Waals surface area contributed by atoms with Gasteiger partial charge >= 0.3 is 0 Å². The maximum atomic E-state index is 13.3. The van der Waals surface area contributed by atoms with Crippen LogP contribution in [0, 0.1) is 6.92 Å². The summed E-state index contributed by atoms with van der Waals surface area (Å²) < 4.78 is 6.02. The molecule has 0 spiro atoms. The number of amides is 3. The van der Waals surface area contributed by atoms with Gasteiger partial charge in [0.15, 0.2) is 0 Å². The molecule has 3 N–H and O–H groups in total. The zero-order valence-electron chi connectivity index (χ0n) is 22.8. The van der Waals surface area contributed by atoms with E-state index in [9.17, 15) is 14.4 Å². The number of carbonyl (C=O) groups is 3. The summed E-state index contributed by atoms with van der Waals surface area (Å²) in [4.78, 5) is 44.6. The van der Waals surface area contributed by atoms with Crippen LogP contribution in [0.2, 0.25) is 0 Å². The van der Waals surface area contributed by atoms with Crippen LogP contribution >= 0.6 is 0 Å². The number of nitrogens with zero attached hydrogens (tertiary/aromatic N) is 2. The maximum absolute atomic E-state index is 13.3. The van der Waals surface area contributed by atoms with Gasteiger partial charge in [0.1, 0.15) is 12.4 Å². The fourth-order valence-electron chi connectivity index (χ4n) is 5.30. The summed E-state index contributed by atoms with van der Waals surface area (Å²) in [6.45, 7) is 2.85. The third-order valence-electron chi connectivity index (χ3n) is 7.35. The first-order valence-electron chi connectivity index (χ1n) is 13.5. The van der Waals surface area contributed by atoms with Crippen molar-refractivity contribution in [1.29, 1.82) is 0 Å². The molecule has 3 aromatic carbocycles. The Kier molecular flexibility index (Phi) is 8.26. The Labute approximate surface area is 238 Å². The first-order valence-corrected chi connectivity index (χ1v) is 13.5. The fourth-order valence-corrected chi connectivity index (χ4v) is 5.30. The SMILES string of the molecule is Cc1cc(COc2ccc(C(=O)NC3(CC(=O)NO)CCN(C(=O)Cc4ccccc4)C3)cc2)c2ccccc2n1. The first-order chi connectivity index (χ1) is 19.8. The normalized spacial score (nSPS) is 16.4. The smallest absolute Gasteiger partial charge is 0.251 e. The van der Waals surface area contributed by atoms with Crippen molar-refractivity contribution in [3.05, 3.63) is 107 Å². The van der Waals surface area contributed by atoms with Crippen molar-refractivity contribution in [2.45, 2.75) is 38.3 Å². The molecular weight excluding hydrogens is 520 g/mol. The molecule has 1 saturated heterocycles. The lowest BCUT2D eigenvalue weighted by Gasteiger charge is -2.30. The molecule has 9 nitrogen and oxygen atoms in total. The average molecular weight is 553 g/mol. The number of hydroxylamine groups is 1. The number of aryl methyl sites for hydroxylation is 1. The third-order valence-corrected chi connectivity index (χ3v) is 7.35. The van der Waals surface area contributed by atoms with Crippen molar-refractivity contribution in [3.8, 4) is 5.75 Å². The van der Waals surface area contributed by atoms with Crippen molar-refractivity contribution in [2.75, 3.05) is 13.1 Å². The highest BCUT2D eigenvalue weighted by molar-refractivity contribution is 5.95. The molecule has 41 heavy (non-hydrogen) atoms. The number of aromatic nitrogens is 1. The van der Waals surface area contributed by atoms with Crippen LogP contribution in [0.15, 0.2) is 84.9 Å². The van der Waals surface area contributed by atoms with E-state index in [0.717, 1.165) is 27.7 Å². The summed E-state index contributed by atoms with van der Waals surface area (Å²) in [7, 11) is 0. The predicted octanol–water partition coefficient (Wildman–Crippen LogP) is 3.96. The second-order valence-corrected chi connectivity index (χ2v) is 10.4. The van der Waals surface area contributed by atoms with E-state index >= 15 is 0 Å². The number of pyridine rings is 1. The van der Waals surface area contributed by atoms with Crippen LogP contribution in [0.3, 0.4) is 0 Å². The molecule has 1 aliphatic heterocycles. The topological polar surface area (TPSA) is 121 Å². The van der Waals surface area contributed by atoms with Crippen molar-refractivity contribution in [3.63, 3.8) is 0 Å². The third kappa shape index (κ3) is 6.70. The number of hydrogen-bond donors (Lipinski definition) is 3. The highest BCUT2D eigenvalue weighted by atomic mass is 16.5. The van der Waals surface area contributed by atoms with Gasteiger partial charge in [-0.2, -0.15) is 0 Å². The molecule has 0 radical (unpaired) electrons. The van der Waals surface area contributed by atoms with E-state index in [4.69, 9.17) is 9.94 Å². The van der Waals surface area contributed by atoms with Crippen LogP contribution < -0.4 is 15.5 Å². The van der Waals surface area contributed by atoms with Gasteiger partial charge in [0.05, 0.1) is 23.9 Å². The molecule has 2 heterocycles. The number of para-hydroxylation sites is 1. The number of benzene rings is 3. The lowest BCUT2D eigenvalue weighted by molar-refractivity contribution is -0.132. The van der Waals surface area contributed by atoms with E-state index in [0.29, 0.717) is 30.9 Å². The minimum Gasteiger partial charge on any atom is -0.489 e. The van der Waals surface area contributed by atoms with Crippen molar-refractivity contribution in [1.82, 2.24) is 20.7 Å². The van der Waals surface area contributed by atoms with Gasteiger partial charge in [-0.3, -0.25) is 24.6 Å². The Morgan fingerprint density at radius 3 is 2.49 bits per heavy atom. The Morgan fingerprint density at radius 1 is 1.00 bits per heavy atom. The number of rotatable bonds is 9. The van der Waals surface area contributed by atoms with Crippen molar-refractivity contribution >= 4 is 28.6 Å². The number of carbonyl (C=O) groups excluding carboxylic acids is 3. The molecule has 0 aliphatic carbocycles. The largest absolute Gasteiger partial charge is 0.489 e. The zero-order valence-corrected chi connectivity index (χ0v) is 22.8. The van der Waals surface area contributed by atoms with Crippen molar-refractivity contribution in [2.24, 2.45) is 0 Å². The van der Waals surface area contributed by atoms with Gasteiger partial charge in [-0.05, 0) is 55.3 Å². The number of nitrogens with one attached hydrogen (secondary N) is 2. The molecule has 1 atom stereocenters. The Morgan fingerprint density at radius 2 is 1.73 bits per heavy atom. The number of ether oxygens (including phenoxy) is 1. The van der Waals surface area contributed by atoms with Gasteiger partial charge in [-0.25, -0.2) is 5.48 Å². The zero-order chi connectivity index (χ0) is 28.8. The summed E-state index contributed by atoms with van der Waals surface area (Å²) in [6.07, 6.45) is 0.450. The molecule has 1 aromatic heterocycles. The Hall–Kier alpha value is -4.76. The molecule has 1 unspecified atom stereocenters. The summed E-state index contributed by atoms with van der Waals surface area (Å²) >= 11 is 0. The standard InChI is InChI=1S/C32H32N4O5/c1-22-17-25(27-9-5-6-10-28(27)33-22)20-41-26-13-11-24(12-14-26)31(39)34-32(19-29(37)35-40)15-16-36(21-32)30(38)18-23-7-3-2-4-8-23/h2-14,17,40H,15-16,18-21H2,1H3,(H,34,39)(H,35,37). The number of fused-ring (bicyclic) bond motifs is 1. The molecule has 9 heteroatoms. The Balaban J connectivity index is 1.24. The maximum Gasteiger partial charge on any atom is 0.251 e. The van der Waals surface area contributed by atoms with E-state index in [-0.39, 0.29) is 31.2 Å². The van der Waals surface area contributed by atoms with Crippen molar-refractivity contribution < 1.29 is 24.3 Å². The van der Waals surface area contributed by atoms with Gasteiger partial charge in [-0.15, -0.1) is 0 Å². The van der Waals surface area contributed by atoms with Crippen LogP contribution in [0.1, 0.15) is 40.0 Å². The second kappa shape index (κ2) is 12.2. The minimum atomic E-state index is -1.01. The van der Waals surface area contributed by atoms with E-state index in [2.05, 4.69) is 10.3 Å². The average Bonchev–Trinajstić information content (AvgIpc) is 3.39. The molecule has 1 fully saturated rings. The van der Waals surface area contributed by atoms with Crippen LogP contribution in [-0.2, 0) is 22.6 Å². The van der Waals surface area contributed by atoms with Gasteiger partial charge in [0.25, 0.3) is 5.91 Å². The second-order valence-electron chi connectivity index (χ2n) is 10.4. The molecule has 1 aliphatic rings. The lowest BCUT2D eigenvalue weighted by atomic mass is 9.93. The van der Waals surface area contributed by atoms with Crippen LogP contribution in [-0.4, -0.2) is 51.4 Å². The Bertz CT molecular complexity index is 1560. The number of likely N-dealkylation sites (tertiary alicyclic amines) is 1. The molecular formula is C32H32N4O5. The minimum absolute atomic E-state index is 0.0876. The van der Waals surface area contributed by atoms with E-state index in [1.54, 1.807) is 34.6 Å². The quantitative estimate of drug-likeness (QED) is 0.214. The molecule has 0 saturated carbocycles. The van der Waals surface area contributed by atoms with E-state index < -0.39 is 11.4 Å². The van der Waals surface area contributed by atoms with Gasteiger partial charge in [0.2, 0.25) is 11.8 Å². The highest BCUT2D eigenvalue weighted by Gasteiger charge is 2.42. The molecule has 4 aromatic rings. The highest BCUT2D eigenvalue weighted by Crippen LogP contribution is 2.27. The van der Waals surface area contributed by atoms with Crippen LogP contribution in [0.25, 0.3) is 10.9 Å². The summed E-state index contributed by atoms with van der Waals surface area (Å²) in [5.74, 6) is -0.496. The lowest BCUT2D eigenvalue weighted by Crippen LogP contribution is -2.53. The predicted molar refractivity (Wildman–Crippen MR) is 153 cm³/mol. The summed E-state index contributed by atoms with van der Waals surface area (Å²) in [5, 5.41) is 13.2. The van der Waals surface area contributed by atoms with E-state index in [1.165, 1.54) is 0 Å². The van der Waals surface area contributed by atoms with Gasteiger partial charge < -0.3 is 15.0 Å². The molecule has 5 rings (SSSR count). The molecule has 0 bridgehead atoms. The summed E-state index contributed by atoms with van der Waals surface area (Å²) in [5.41, 5.74) is 4.76. The fraction of sp³-hybridized carbons (Fsp3) is 0.250. The van der Waals surface area contributed by atoms with Crippen LogP contribution in [0.4, 0.5) is 0 Å². The monoisotopic (exact) mass is 552 g/mol. The molecule has 3 amide bonds. The summed E-state index contributed by atoms with van der Waals surface area (Å²) in [6, 6.07) is 26.1. The van der Waals surface area contributed by atoms with Gasteiger partial charge in [-0.1, -0.05) is 48.5 Å². The first kappa shape index (κ1) is 27.8. The van der Waals surface area contributed by atoms with E-state index in [1.807, 2.05) is 67.6 Å². The number of hydrogen-bond acceptors (Lipinski definition) is 6.